The van der Waals surface area contributed by atoms with Crippen molar-refractivity contribution >= 4 is 0 Å². The summed E-state index contributed by atoms with van der Waals surface area (Å²) >= 11 is 0. The Morgan fingerprint density at radius 2 is 1.88 bits per heavy atom. The lowest BCUT2D eigenvalue weighted by molar-refractivity contribution is 0.349. The van der Waals surface area contributed by atoms with Crippen molar-refractivity contribution in [2.45, 2.75) is 53.5 Å². The van der Waals surface area contributed by atoms with Gasteiger partial charge in [0.1, 0.15) is 0 Å². The van der Waals surface area contributed by atoms with Gasteiger partial charge in [-0.2, -0.15) is 0 Å². The van der Waals surface area contributed by atoms with Gasteiger partial charge in [0.2, 0.25) is 0 Å². The van der Waals surface area contributed by atoms with Crippen molar-refractivity contribution in [3.05, 3.63) is 29.1 Å². The van der Waals surface area contributed by atoms with Crippen LogP contribution in [0.2, 0.25) is 0 Å². The van der Waals surface area contributed by atoms with Gasteiger partial charge in [-0.15, -0.1) is 0 Å². The zero-order valence-corrected chi connectivity index (χ0v) is 11.2. The number of rotatable bonds is 3. The highest BCUT2D eigenvalue weighted by Crippen LogP contribution is 2.26. The van der Waals surface area contributed by atoms with Crippen LogP contribution in [0.4, 0.5) is 0 Å². The van der Waals surface area contributed by atoms with Crippen LogP contribution in [0.15, 0.2) is 12.1 Å². The van der Waals surface area contributed by atoms with E-state index in [9.17, 15) is 0 Å². The molecule has 0 saturated heterocycles. The zero-order valence-electron chi connectivity index (χ0n) is 11.2. The fourth-order valence-electron chi connectivity index (χ4n) is 1.83. The second kappa shape index (κ2) is 4.96. The van der Waals surface area contributed by atoms with Gasteiger partial charge in [-0.25, -0.2) is 0 Å². The van der Waals surface area contributed by atoms with Crippen LogP contribution in [0.5, 0.6) is 0 Å². The summed E-state index contributed by atoms with van der Waals surface area (Å²) in [5, 5.41) is 0. The molecule has 1 aromatic heterocycles. The Morgan fingerprint density at radius 3 is 2.38 bits per heavy atom. The van der Waals surface area contributed by atoms with E-state index in [1.165, 1.54) is 5.56 Å². The van der Waals surface area contributed by atoms with E-state index in [0.29, 0.717) is 5.41 Å². The third kappa shape index (κ3) is 3.93. The Hall–Kier alpha value is -0.890. The van der Waals surface area contributed by atoms with Crippen molar-refractivity contribution in [3.8, 4) is 0 Å². The van der Waals surface area contributed by atoms with E-state index in [-0.39, 0.29) is 6.04 Å². The highest BCUT2D eigenvalue weighted by atomic mass is 14.7. The summed E-state index contributed by atoms with van der Waals surface area (Å²) in [6.45, 7) is 10.8. The lowest BCUT2D eigenvalue weighted by Crippen LogP contribution is -2.16. The summed E-state index contributed by atoms with van der Waals surface area (Å²) in [6, 6.07) is 4.27. The van der Waals surface area contributed by atoms with E-state index >= 15 is 0 Å². The van der Waals surface area contributed by atoms with Crippen molar-refractivity contribution < 1.29 is 0 Å². The maximum absolute atomic E-state index is 6.21. The van der Waals surface area contributed by atoms with Crippen LogP contribution in [0.3, 0.4) is 0 Å². The van der Waals surface area contributed by atoms with Crippen LogP contribution >= 0.6 is 0 Å². The fourth-order valence-corrected chi connectivity index (χ4v) is 1.83. The second-order valence-electron chi connectivity index (χ2n) is 5.83. The lowest BCUT2D eigenvalue weighted by atomic mass is 9.87. The van der Waals surface area contributed by atoms with Crippen LogP contribution in [0.1, 0.15) is 56.6 Å². The van der Waals surface area contributed by atoms with E-state index in [4.69, 9.17) is 5.73 Å². The molecule has 1 unspecified atom stereocenters. The van der Waals surface area contributed by atoms with Crippen LogP contribution in [0, 0.1) is 19.3 Å². The highest BCUT2D eigenvalue weighted by molar-refractivity contribution is 5.24. The predicted octanol–water partition coefficient (Wildman–Crippen LogP) is 3.52. The molecule has 2 heteroatoms. The minimum absolute atomic E-state index is 0.118. The Kier molecular flexibility index (Phi) is 4.09. The molecule has 0 fully saturated rings. The average Bonchev–Trinajstić information content (AvgIpc) is 2.13. The summed E-state index contributed by atoms with van der Waals surface area (Å²) in [4.78, 5) is 4.46. The van der Waals surface area contributed by atoms with E-state index < -0.39 is 0 Å². The van der Waals surface area contributed by atoms with Crippen LogP contribution in [-0.4, -0.2) is 4.98 Å². The van der Waals surface area contributed by atoms with Gasteiger partial charge < -0.3 is 5.73 Å². The largest absolute Gasteiger partial charge is 0.324 e. The smallest absolute Gasteiger partial charge is 0.0423 e. The number of hydrogen-bond donors (Lipinski definition) is 1. The summed E-state index contributed by atoms with van der Waals surface area (Å²) in [6.07, 6.45) is 2.16. The van der Waals surface area contributed by atoms with Gasteiger partial charge in [0.15, 0.2) is 0 Å². The third-order valence-electron chi connectivity index (χ3n) is 2.87. The Balaban J connectivity index is 2.70. The first kappa shape index (κ1) is 13.2. The molecule has 0 saturated carbocycles. The Morgan fingerprint density at radius 1 is 1.25 bits per heavy atom. The first-order valence-electron chi connectivity index (χ1n) is 5.99. The third-order valence-corrected chi connectivity index (χ3v) is 2.87. The molecule has 1 atom stereocenters. The first-order chi connectivity index (χ1) is 7.29. The first-order valence-corrected chi connectivity index (χ1v) is 5.99. The van der Waals surface area contributed by atoms with E-state index in [1.807, 2.05) is 19.9 Å². The quantitative estimate of drug-likeness (QED) is 0.846. The molecular formula is C14H24N2. The van der Waals surface area contributed by atoms with Gasteiger partial charge in [-0.05, 0) is 43.7 Å². The Bertz CT molecular complexity index is 350. The maximum Gasteiger partial charge on any atom is 0.0423 e. The van der Waals surface area contributed by atoms with Crippen molar-refractivity contribution in [1.82, 2.24) is 4.98 Å². The van der Waals surface area contributed by atoms with Crippen LogP contribution in [0.25, 0.3) is 0 Å². The molecule has 2 nitrogen and oxygen atoms in total. The number of pyridine rings is 1. The van der Waals surface area contributed by atoms with Gasteiger partial charge >= 0.3 is 0 Å². The molecule has 0 aliphatic heterocycles. The molecule has 0 aliphatic carbocycles. The summed E-state index contributed by atoms with van der Waals surface area (Å²) in [7, 11) is 0. The molecule has 1 rings (SSSR count). The highest BCUT2D eigenvalue weighted by Gasteiger charge is 2.15. The molecule has 16 heavy (non-hydrogen) atoms. The average molecular weight is 220 g/mol. The maximum atomic E-state index is 6.21. The summed E-state index contributed by atoms with van der Waals surface area (Å²) in [5.41, 5.74) is 9.88. The Labute approximate surface area is 99.3 Å². The monoisotopic (exact) mass is 220 g/mol. The lowest BCUT2D eigenvalue weighted by Gasteiger charge is -2.21. The van der Waals surface area contributed by atoms with E-state index in [1.54, 1.807) is 0 Å². The number of aryl methyl sites for hydroxylation is 2. The fraction of sp³-hybridized carbons (Fsp3) is 0.643. The SMILES string of the molecule is Cc1ccc(C(N)CCC(C)(C)C)c(C)n1. The molecule has 0 radical (unpaired) electrons. The molecule has 90 valence electrons. The number of nitrogens with zero attached hydrogens (tertiary/aromatic N) is 1. The second-order valence-corrected chi connectivity index (χ2v) is 5.83. The van der Waals surface area contributed by atoms with E-state index in [0.717, 1.165) is 24.2 Å². The standard InChI is InChI=1S/C14H24N2/c1-10-6-7-12(11(2)16-10)13(15)8-9-14(3,4)5/h6-7,13H,8-9,15H2,1-5H3. The molecule has 2 N–H and O–H groups in total. The molecule has 0 bridgehead atoms. The van der Waals surface area contributed by atoms with Gasteiger partial charge in [-0.3, -0.25) is 4.98 Å². The van der Waals surface area contributed by atoms with Gasteiger partial charge in [-0.1, -0.05) is 26.8 Å². The number of nitrogens with two attached hydrogens (primary N) is 1. The van der Waals surface area contributed by atoms with Crippen LogP contribution in [-0.2, 0) is 0 Å². The molecule has 0 spiro atoms. The normalized spacial score (nSPS) is 13.9. The minimum atomic E-state index is 0.118. The summed E-state index contributed by atoms with van der Waals surface area (Å²) < 4.78 is 0. The van der Waals surface area contributed by atoms with Gasteiger partial charge in [0, 0.05) is 17.4 Å². The predicted molar refractivity (Wildman–Crippen MR) is 69.3 cm³/mol. The molecule has 1 heterocycles. The van der Waals surface area contributed by atoms with Crippen LogP contribution < -0.4 is 5.73 Å². The zero-order chi connectivity index (χ0) is 12.3. The topological polar surface area (TPSA) is 38.9 Å². The molecule has 0 aromatic carbocycles. The molecule has 0 amide bonds. The molecular weight excluding hydrogens is 196 g/mol. The van der Waals surface area contributed by atoms with Crippen molar-refractivity contribution in [2.24, 2.45) is 11.1 Å². The van der Waals surface area contributed by atoms with Crippen molar-refractivity contribution in [3.63, 3.8) is 0 Å². The minimum Gasteiger partial charge on any atom is -0.324 e. The van der Waals surface area contributed by atoms with E-state index in [2.05, 4.69) is 31.8 Å². The van der Waals surface area contributed by atoms with Crippen molar-refractivity contribution in [2.75, 3.05) is 0 Å². The molecule has 0 aliphatic rings. The van der Waals surface area contributed by atoms with Gasteiger partial charge in [0.05, 0.1) is 0 Å². The number of aromatic nitrogens is 1. The molecule has 1 aromatic rings. The van der Waals surface area contributed by atoms with Crippen molar-refractivity contribution in [1.29, 1.82) is 0 Å². The summed E-state index contributed by atoms with van der Waals surface area (Å²) in [5.74, 6) is 0. The van der Waals surface area contributed by atoms with Gasteiger partial charge in [0.25, 0.3) is 0 Å². The number of hydrogen-bond acceptors (Lipinski definition) is 2.